The Labute approximate surface area is 154 Å². The van der Waals surface area contributed by atoms with Gasteiger partial charge in [-0.15, -0.1) is 0 Å². The van der Waals surface area contributed by atoms with E-state index in [1.807, 2.05) is 18.2 Å². The van der Waals surface area contributed by atoms with Gasteiger partial charge in [0.05, 0.1) is 24.7 Å². The van der Waals surface area contributed by atoms with E-state index in [0.29, 0.717) is 17.0 Å². The van der Waals surface area contributed by atoms with E-state index in [0.717, 1.165) is 0 Å². The minimum atomic E-state index is -0.685. The predicted octanol–water partition coefficient (Wildman–Crippen LogP) is 2.88. The molecule has 1 aromatic heterocycles. The predicted molar refractivity (Wildman–Crippen MR) is 97.9 cm³/mol. The molecule has 2 aromatic carbocycles. The first kappa shape index (κ1) is 18.1. The molecule has 2 N–H and O–H groups in total. The van der Waals surface area contributed by atoms with E-state index in [9.17, 15) is 14.3 Å². The second-order valence-corrected chi connectivity index (χ2v) is 5.63. The molecule has 3 aromatic rings. The van der Waals surface area contributed by atoms with Crippen molar-refractivity contribution in [2.75, 3.05) is 7.11 Å². The minimum absolute atomic E-state index is 0.118. The SMILES string of the molecule is COc1ccc(/C(C)=N\NC(=O)c2nn(-c3ccccc3)cc2O)cc1F. The van der Waals surface area contributed by atoms with Crippen molar-refractivity contribution in [3.63, 3.8) is 0 Å². The number of aromatic nitrogens is 2. The number of carbonyl (C=O) groups excluding carboxylic acids is 1. The van der Waals surface area contributed by atoms with Crippen molar-refractivity contribution in [3.05, 3.63) is 71.8 Å². The highest BCUT2D eigenvalue weighted by atomic mass is 19.1. The number of hydrogen-bond donors (Lipinski definition) is 2. The number of rotatable bonds is 5. The van der Waals surface area contributed by atoms with Crippen molar-refractivity contribution in [1.29, 1.82) is 0 Å². The van der Waals surface area contributed by atoms with Gasteiger partial charge in [0, 0.05) is 5.56 Å². The van der Waals surface area contributed by atoms with E-state index in [1.165, 1.54) is 30.1 Å². The lowest BCUT2D eigenvalue weighted by Gasteiger charge is -2.05. The molecule has 1 heterocycles. The zero-order valence-electron chi connectivity index (χ0n) is 14.7. The van der Waals surface area contributed by atoms with Crippen LogP contribution < -0.4 is 10.2 Å². The summed E-state index contributed by atoms with van der Waals surface area (Å²) < 4.78 is 20.0. The minimum Gasteiger partial charge on any atom is -0.504 e. The molecule has 0 bridgehead atoms. The molecule has 0 fully saturated rings. The molecule has 27 heavy (non-hydrogen) atoms. The molecule has 0 spiro atoms. The number of hydrazone groups is 1. The Kier molecular flexibility index (Phi) is 5.16. The van der Waals surface area contributed by atoms with Gasteiger partial charge in [-0.25, -0.2) is 14.5 Å². The number of amides is 1. The van der Waals surface area contributed by atoms with Crippen molar-refractivity contribution in [2.45, 2.75) is 6.92 Å². The molecule has 1 amide bonds. The molecule has 0 aliphatic rings. The van der Waals surface area contributed by atoms with Crippen molar-refractivity contribution >= 4 is 11.6 Å². The molecule has 0 saturated heterocycles. The topological polar surface area (TPSA) is 88.7 Å². The Morgan fingerprint density at radius 2 is 2.00 bits per heavy atom. The van der Waals surface area contributed by atoms with Crippen LogP contribution in [0.5, 0.6) is 11.5 Å². The highest BCUT2D eigenvalue weighted by Crippen LogP contribution is 2.19. The van der Waals surface area contributed by atoms with E-state index in [2.05, 4.69) is 15.6 Å². The maximum atomic E-state index is 13.8. The maximum absolute atomic E-state index is 13.8. The second kappa shape index (κ2) is 7.69. The summed E-state index contributed by atoms with van der Waals surface area (Å²) in [5.74, 6) is -1.38. The fourth-order valence-corrected chi connectivity index (χ4v) is 2.38. The molecule has 0 aliphatic heterocycles. The molecule has 8 heteroatoms. The molecule has 0 unspecified atom stereocenters. The van der Waals surface area contributed by atoms with Gasteiger partial charge in [-0.2, -0.15) is 10.2 Å². The van der Waals surface area contributed by atoms with Gasteiger partial charge in [-0.3, -0.25) is 4.79 Å². The number of halogens is 1. The number of ether oxygens (including phenoxy) is 1. The molecule has 0 aliphatic carbocycles. The third-order valence-corrected chi connectivity index (χ3v) is 3.83. The summed E-state index contributed by atoms with van der Waals surface area (Å²) >= 11 is 0. The summed E-state index contributed by atoms with van der Waals surface area (Å²) in [7, 11) is 1.38. The Hall–Kier alpha value is -3.68. The largest absolute Gasteiger partial charge is 0.504 e. The van der Waals surface area contributed by atoms with Crippen LogP contribution in [0.4, 0.5) is 4.39 Å². The van der Waals surface area contributed by atoms with Crippen molar-refractivity contribution in [1.82, 2.24) is 15.2 Å². The second-order valence-electron chi connectivity index (χ2n) is 5.63. The maximum Gasteiger partial charge on any atom is 0.295 e. The van der Waals surface area contributed by atoms with Crippen LogP contribution in [0.1, 0.15) is 23.0 Å². The molecular formula is C19H17FN4O3. The summed E-state index contributed by atoms with van der Waals surface area (Å²) in [5.41, 5.74) is 3.70. The van der Waals surface area contributed by atoms with Crippen LogP contribution in [0.3, 0.4) is 0 Å². The summed E-state index contributed by atoms with van der Waals surface area (Å²) in [6, 6.07) is 13.4. The van der Waals surface area contributed by atoms with Gasteiger partial charge in [-0.05, 0) is 37.3 Å². The van der Waals surface area contributed by atoms with Crippen LogP contribution in [-0.4, -0.2) is 33.6 Å². The number of aromatic hydroxyl groups is 1. The van der Waals surface area contributed by atoms with E-state index in [1.54, 1.807) is 25.1 Å². The molecule has 7 nitrogen and oxygen atoms in total. The van der Waals surface area contributed by atoms with Crippen molar-refractivity contribution in [2.24, 2.45) is 5.10 Å². The van der Waals surface area contributed by atoms with Gasteiger partial charge in [0.15, 0.2) is 23.0 Å². The number of para-hydroxylation sites is 1. The standard InChI is InChI=1S/C19H17FN4O3/c1-12(13-8-9-17(27-2)15(20)10-13)21-22-19(26)18-16(25)11-24(23-18)14-6-4-3-5-7-14/h3-11,25H,1-2H3,(H,22,26)/b21-12-. The van der Waals surface area contributed by atoms with Crippen molar-refractivity contribution in [3.8, 4) is 17.2 Å². The normalized spacial score (nSPS) is 11.3. The molecule has 0 radical (unpaired) electrons. The lowest BCUT2D eigenvalue weighted by atomic mass is 10.1. The summed E-state index contributed by atoms with van der Waals surface area (Å²) in [5, 5.41) is 18.0. The number of hydrogen-bond acceptors (Lipinski definition) is 5. The van der Waals surface area contributed by atoms with Crippen LogP contribution in [-0.2, 0) is 0 Å². The van der Waals surface area contributed by atoms with Gasteiger partial charge < -0.3 is 9.84 Å². The van der Waals surface area contributed by atoms with Crippen LogP contribution >= 0.6 is 0 Å². The number of nitrogens with one attached hydrogen (secondary N) is 1. The fraction of sp³-hybridized carbons (Fsp3) is 0.105. The van der Waals surface area contributed by atoms with Gasteiger partial charge >= 0.3 is 0 Å². The van der Waals surface area contributed by atoms with E-state index >= 15 is 0 Å². The highest BCUT2D eigenvalue weighted by molar-refractivity contribution is 6.01. The summed E-state index contributed by atoms with van der Waals surface area (Å²) in [6.07, 6.45) is 1.33. The molecule has 0 atom stereocenters. The van der Waals surface area contributed by atoms with Gasteiger partial charge in [0.1, 0.15) is 0 Å². The third-order valence-electron chi connectivity index (χ3n) is 3.83. The molecular weight excluding hydrogens is 351 g/mol. The Morgan fingerprint density at radius 3 is 2.67 bits per heavy atom. The Morgan fingerprint density at radius 1 is 1.26 bits per heavy atom. The molecule has 138 valence electrons. The lowest BCUT2D eigenvalue weighted by Crippen LogP contribution is -2.20. The smallest absolute Gasteiger partial charge is 0.295 e. The zero-order valence-corrected chi connectivity index (χ0v) is 14.7. The fourth-order valence-electron chi connectivity index (χ4n) is 2.38. The first-order valence-electron chi connectivity index (χ1n) is 8.02. The number of carbonyl (C=O) groups is 1. The number of nitrogens with zero attached hydrogens (tertiary/aromatic N) is 3. The van der Waals surface area contributed by atoms with Crippen LogP contribution in [0.15, 0.2) is 59.8 Å². The summed E-state index contributed by atoms with van der Waals surface area (Å²) in [4.78, 5) is 12.3. The first-order chi connectivity index (χ1) is 13.0. The monoisotopic (exact) mass is 368 g/mol. The first-order valence-corrected chi connectivity index (χ1v) is 8.02. The average molecular weight is 368 g/mol. The molecule has 3 rings (SSSR count). The van der Waals surface area contributed by atoms with E-state index in [-0.39, 0.29) is 17.2 Å². The summed E-state index contributed by atoms with van der Waals surface area (Å²) in [6.45, 7) is 1.62. The number of methoxy groups -OCH3 is 1. The lowest BCUT2D eigenvalue weighted by molar-refractivity contribution is 0.0947. The van der Waals surface area contributed by atoms with Gasteiger partial charge in [0.2, 0.25) is 0 Å². The number of benzene rings is 2. The van der Waals surface area contributed by atoms with Crippen LogP contribution in [0.2, 0.25) is 0 Å². The quantitative estimate of drug-likeness (QED) is 0.535. The van der Waals surface area contributed by atoms with E-state index < -0.39 is 11.7 Å². The highest BCUT2D eigenvalue weighted by Gasteiger charge is 2.17. The third kappa shape index (κ3) is 3.95. The molecule has 0 saturated carbocycles. The van der Waals surface area contributed by atoms with Gasteiger partial charge in [-0.1, -0.05) is 18.2 Å². The van der Waals surface area contributed by atoms with Crippen molar-refractivity contribution < 1.29 is 19.0 Å². The zero-order chi connectivity index (χ0) is 19.4. The van der Waals surface area contributed by atoms with Gasteiger partial charge in [0.25, 0.3) is 5.91 Å². The average Bonchev–Trinajstić information content (AvgIpc) is 3.08. The van der Waals surface area contributed by atoms with E-state index in [4.69, 9.17) is 4.74 Å². The van der Waals surface area contributed by atoms with Crippen LogP contribution in [0.25, 0.3) is 5.69 Å². The Bertz CT molecular complexity index is 999. The Balaban J connectivity index is 1.76. The van der Waals surface area contributed by atoms with Crippen LogP contribution in [0, 0.1) is 5.82 Å².